The van der Waals surface area contributed by atoms with Gasteiger partial charge in [0.1, 0.15) is 11.9 Å². The van der Waals surface area contributed by atoms with Gasteiger partial charge in [-0.05, 0) is 24.1 Å². The molecule has 2 amide bonds. The number of likely N-dealkylation sites (N-methyl/N-ethyl adjacent to an activating group) is 1. The lowest BCUT2D eigenvalue weighted by Crippen LogP contribution is -2.51. The van der Waals surface area contributed by atoms with Gasteiger partial charge < -0.3 is 14.8 Å². The van der Waals surface area contributed by atoms with Crippen molar-refractivity contribution in [3.05, 3.63) is 53.6 Å². The summed E-state index contributed by atoms with van der Waals surface area (Å²) < 4.78 is 1.87. The maximum absolute atomic E-state index is 12.5. The molecule has 1 aliphatic rings. The van der Waals surface area contributed by atoms with Gasteiger partial charge in [-0.3, -0.25) is 9.59 Å². The van der Waals surface area contributed by atoms with E-state index in [1.54, 1.807) is 42.4 Å². The Morgan fingerprint density at radius 2 is 2.08 bits per heavy atom. The molecule has 26 heavy (non-hydrogen) atoms. The summed E-state index contributed by atoms with van der Waals surface area (Å²) in [5.41, 5.74) is 1.41. The largest absolute Gasteiger partial charge is 0.351 e. The second kappa shape index (κ2) is 7.40. The summed E-state index contributed by atoms with van der Waals surface area (Å²) in [6.07, 6.45) is 4.74. The monoisotopic (exact) mass is 351 g/mol. The van der Waals surface area contributed by atoms with E-state index in [1.807, 2.05) is 17.8 Å². The number of aromatic nitrogens is 2. The van der Waals surface area contributed by atoms with Crippen LogP contribution in [0.2, 0.25) is 0 Å². The standard InChI is InChI=1S/C19H21N5O2/c1-23-10-9-21-19(23)18-15(7-8-17(26)24(18)2)22-16(25)11-13-3-5-14(12-20)6-4-13/h3-6,9-10,15,18H,7-8,11H2,1-2H3,(H,22,25)/t15-,18-/m1/s1. The number of hydrogen-bond acceptors (Lipinski definition) is 4. The van der Waals surface area contributed by atoms with E-state index in [0.717, 1.165) is 11.4 Å². The highest BCUT2D eigenvalue weighted by molar-refractivity contribution is 5.81. The number of carbonyl (C=O) groups excluding carboxylic acids is 2. The molecule has 0 saturated carbocycles. The zero-order valence-electron chi connectivity index (χ0n) is 14.8. The second-order valence-corrected chi connectivity index (χ2v) is 6.54. The van der Waals surface area contributed by atoms with Gasteiger partial charge in [0.15, 0.2) is 0 Å². The van der Waals surface area contributed by atoms with Gasteiger partial charge in [-0.15, -0.1) is 0 Å². The quantitative estimate of drug-likeness (QED) is 0.899. The van der Waals surface area contributed by atoms with Crippen molar-refractivity contribution in [2.45, 2.75) is 31.3 Å². The lowest BCUT2D eigenvalue weighted by Gasteiger charge is -2.38. The molecule has 1 aromatic carbocycles. The summed E-state index contributed by atoms with van der Waals surface area (Å²) in [7, 11) is 3.63. The number of aryl methyl sites for hydroxylation is 1. The smallest absolute Gasteiger partial charge is 0.224 e. The lowest BCUT2D eigenvalue weighted by molar-refractivity contribution is -0.137. The van der Waals surface area contributed by atoms with Crippen molar-refractivity contribution in [3.63, 3.8) is 0 Å². The molecule has 0 aliphatic carbocycles. The molecule has 0 radical (unpaired) electrons. The Balaban J connectivity index is 1.73. The number of carbonyl (C=O) groups is 2. The summed E-state index contributed by atoms with van der Waals surface area (Å²) in [5.74, 6) is 0.696. The molecule has 1 saturated heterocycles. The van der Waals surface area contributed by atoms with Crippen LogP contribution in [0.4, 0.5) is 0 Å². The molecule has 1 aromatic heterocycles. The fourth-order valence-corrected chi connectivity index (χ4v) is 3.34. The van der Waals surface area contributed by atoms with E-state index in [-0.39, 0.29) is 30.3 Å². The maximum Gasteiger partial charge on any atom is 0.224 e. The molecule has 0 unspecified atom stereocenters. The molecule has 1 aliphatic heterocycles. The molecule has 1 fully saturated rings. The van der Waals surface area contributed by atoms with Crippen LogP contribution in [-0.2, 0) is 23.1 Å². The zero-order chi connectivity index (χ0) is 18.7. The van der Waals surface area contributed by atoms with Crippen molar-refractivity contribution in [3.8, 4) is 6.07 Å². The third-order valence-electron chi connectivity index (χ3n) is 4.78. The minimum atomic E-state index is -0.291. The maximum atomic E-state index is 12.5. The Hall–Kier alpha value is -3.14. The van der Waals surface area contributed by atoms with Crippen LogP contribution in [0.25, 0.3) is 0 Å². The van der Waals surface area contributed by atoms with Crippen LogP contribution in [0.3, 0.4) is 0 Å². The molecule has 2 aromatic rings. The summed E-state index contributed by atoms with van der Waals surface area (Å²) in [5, 5.41) is 11.9. The number of rotatable bonds is 4. The highest BCUT2D eigenvalue weighted by Crippen LogP contribution is 2.29. The van der Waals surface area contributed by atoms with Crippen LogP contribution in [0.15, 0.2) is 36.7 Å². The first-order valence-electron chi connectivity index (χ1n) is 8.51. The molecule has 7 heteroatoms. The summed E-state index contributed by atoms with van der Waals surface area (Å²) >= 11 is 0. The van der Waals surface area contributed by atoms with Crippen molar-refractivity contribution >= 4 is 11.8 Å². The van der Waals surface area contributed by atoms with Gasteiger partial charge in [-0.1, -0.05) is 12.1 Å². The van der Waals surface area contributed by atoms with E-state index in [0.29, 0.717) is 18.4 Å². The Bertz CT molecular complexity index is 850. The average molecular weight is 351 g/mol. The van der Waals surface area contributed by atoms with Gasteiger partial charge in [-0.2, -0.15) is 5.26 Å². The van der Waals surface area contributed by atoms with Crippen molar-refractivity contribution in [1.29, 1.82) is 5.26 Å². The molecule has 1 N–H and O–H groups in total. The van der Waals surface area contributed by atoms with Crippen LogP contribution < -0.4 is 5.32 Å². The SMILES string of the molecule is CN1C(=O)CC[C@@H](NC(=O)Cc2ccc(C#N)cc2)[C@@H]1c1nccn1C. The molecule has 2 atom stereocenters. The molecule has 0 bridgehead atoms. The highest BCUT2D eigenvalue weighted by Gasteiger charge is 2.37. The Morgan fingerprint density at radius 3 is 2.69 bits per heavy atom. The van der Waals surface area contributed by atoms with Gasteiger partial charge in [0, 0.05) is 32.9 Å². The first-order valence-corrected chi connectivity index (χ1v) is 8.51. The number of piperidine rings is 1. The van der Waals surface area contributed by atoms with E-state index in [9.17, 15) is 9.59 Å². The predicted octanol–water partition coefficient (Wildman–Crippen LogP) is 1.31. The molecule has 0 spiro atoms. The molecule has 134 valence electrons. The van der Waals surface area contributed by atoms with E-state index in [2.05, 4.69) is 16.4 Å². The summed E-state index contributed by atoms with van der Waals surface area (Å²) in [4.78, 5) is 30.7. The fourth-order valence-electron chi connectivity index (χ4n) is 3.34. The van der Waals surface area contributed by atoms with Crippen LogP contribution >= 0.6 is 0 Å². The molecular formula is C19H21N5O2. The number of imidazole rings is 1. The number of nitriles is 1. The Labute approximate surface area is 152 Å². The minimum Gasteiger partial charge on any atom is -0.351 e. The van der Waals surface area contributed by atoms with E-state index in [4.69, 9.17) is 5.26 Å². The van der Waals surface area contributed by atoms with E-state index in [1.165, 1.54) is 0 Å². The predicted molar refractivity (Wildman–Crippen MR) is 94.7 cm³/mol. The summed E-state index contributed by atoms with van der Waals surface area (Å²) in [6, 6.07) is 8.55. The first-order chi connectivity index (χ1) is 12.5. The highest BCUT2D eigenvalue weighted by atomic mass is 16.2. The van der Waals surface area contributed by atoms with Crippen LogP contribution in [-0.4, -0.2) is 39.4 Å². The van der Waals surface area contributed by atoms with Gasteiger partial charge >= 0.3 is 0 Å². The Morgan fingerprint density at radius 1 is 1.35 bits per heavy atom. The third-order valence-corrected chi connectivity index (χ3v) is 4.78. The molecule has 2 heterocycles. The molecular weight excluding hydrogens is 330 g/mol. The number of nitrogens with zero attached hydrogens (tertiary/aromatic N) is 4. The first kappa shape index (κ1) is 17.7. The van der Waals surface area contributed by atoms with Crippen molar-refractivity contribution in [1.82, 2.24) is 19.8 Å². The number of benzene rings is 1. The van der Waals surface area contributed by atoms with Gasteiger partial charge in [0.25, 0.3) is 0 Å². The number of nitrogens with one attached hydrogen (secondary N) is 1. The van der Waals surface area contributed by atoms with Crippen LogP contribution in [0.5, 0.6) is 0 Å². The second-order valence-electron chi connectivity index (χ2n) is 6.54. The summed E-state index contributed by atoms with van der Waals surface area (Å²) in [6.45, 7) is 0. The van der Waals surface area contributed by atoms with E-state index < -0.39 is 0 Å². The average Bonchev–Trinajstić information content (AvgIpc) is 3.05. The van der Waals surface area contributed by atoms with Gasteiger partial charge in [0.2, 0.25) is 11.8 Å². The van der Waals surface area contributed by atoms with Crippen molar-refractivity contribution < 1.29 is 9.59 Å². The fraction of sp³-hybridized carbons (Fsp3) is 0.368. The van der Waals surface area contributed by atoms with Crippen molar-refractivity contribution in [2.24, 2.45) is 7.05 Å². The molecule has 3 rings (SSSR count). The topological polar surface area (TPSA) is 91.0 Å². The minimum absolute atomic E-state index is 0.0515. The Kier molecular flexibility index (Phi) is 5.03. The number of amides is 2. The van der Waals surface area contributed by atoms with Gasteiger partial charge in [0.05, 0.1) is 24.1 Å². The lowest BCUT2D eigenvalue weighted by atomic mass is 9.95. The molecule has 7 nitrogen and oxygen atoms in total. The number of hydrogen-bond donors (Lipinski definition) is 1. The number of likely N-dealkylation sites (tertiary alicyclic amines) is 1. The van der Waals surface area contributed by atoms with Crippen LogP contribution in [0.1, 0.15) is 35.8 Å². The normalized spacial score (nSPS) is 19.9. The zero-order valence-corrected chi connectivity index (χ0v) is 14.8. The van der Waals surface area contributed by atoms with Gasteiger partial charge in [-0.25, -0.2) is 4.98 Å². The third kappa shape index (κ3) is 3.59. The van der Waals surface area contributed by atoms with Crippen molar-refractivity contribution in [2.75, 3.05) is 7.05 Å². The van der Waals surface area contributed by atoms with Crippen LogP contribution in [0, 0.1) is 11.3 Å². The van der Waals surface area contributed by atoms with E-state index >= 15 is 0 Å².